The molecule has 0 aliphatic carbocycles. The van der Waals surface area contributed by atoms with Gasteiger partial charge in [0, 0.05) is 0 Å². The van der Waals surface area contributed by atoms with E-state index in [2.05, 4.69) is 4.74 Å². The summed E-state index contributed by atoms with van der Waals surface area (Å²) in [6.45, 7) is 0. The van der Waals surface area contributed by atoms with Gasteiger partial charge in [0.05, 0.1) is 0 Å². The van der Waals surface area contributed by atoms with Gasteiger partial charge in [-0.2, -0.15) is 0 Å². The van der Waals surface area contributed by atoms with E-state index in [0.29, 0.717) is 0 Å². The van der Waals surface area contributed by atoms with Gasteiger partial charge in [0.1, 0.15) is 73.2 Å². The Morgan fingerprint density at radius 2 is 0.633 bits per heavy atom. The van der Waals surface area contributed by atoms with Crippen LogP contribution in [0, 0.1) is 0 Å². The van der Waals surface area contributed by atoms with E-state index in [-0.39, 0.29) is 0 Å². The van der Waals surface area contributed by atoms with Crippen LogP contribution in [-0.2, 0) is 52.3 Å². The molecule has 0 radical (unpaired) electrons. The molecule has 0 spiro atoms. The number of hydrogen-bond acceptors (Lipinski definition) is 21. The zero-order valence-electron chi connectivity index (χ0n) is 24.3. The molecule has 25 nitrogen and oxygen atoms in total. The summed E-state index contributed by atoms with van der Waals surface area (Å²) in [6.07, 6.45) is -45.8. The number of rotatable bonds is 10. The average molecular weight is 723 g/mol. The van der Waals surface area contributed by atoms with Gasteiger partial charge in [-0.15, -0.1) is 0 Å². The van der Waals surface area contributed by atoms with Gasteiger partial charge in [-0.05, 0) is 0 Å². The first-order valence-corrected chi connectivity index (χ1v) is 14.1. The predicted octanol–water partition coefficient (Wildman–Crippen LogP) is -9.38. The fraction of sp³-hybridized carbons (Fsp3) is 0.833. The molecule has 0 aromatic heterocycles. The highest BCUT2D eigenvalue weighted by molar-refractivity contribution is 5.75. The van der Waals surface area contributed by atoms with Crippen molar-refractivity contribution in [2.75, 3.05) is 0 Å². The van der Waals surface area contributed by atoms with Gasteiger partial charge in [-0.1, -0.05) is 0 Å². The molecule has 4 saturated heterocycles. The molecule has 4 rings (SSSR count). The minimum Gasteiger partial charge on any atom is -0.479 e. The van der Waals surface area contributed by atoms with E-state index >= 15 is 0 Å². The van der Waals surface area contributed by atoms with Crippen LogP contribution in [0.15, 0.2) is 0 Å². The molecular formula is C24H34O25. The fourth-order valence-corrected chi connectivity index (χ4v) is 5.43. The summed E-state index contributed by atoms with van der Waals surface area (Å²) in [4.78, 5) is 47.1. The number of carbonyl (C=O) groups is 4. The number of aliphatic hydroxyl groups excluding tert-OH is 10. The summed E-state index contributed by atoms with van der Waals surface area (Å²) in [7, 11) is 0. The Bertz CT molecular complexity index is 1220. The molecule has 8 unspecified atom stereocenters. The van der Waals surface area contributed by atoms with Crippen molar-refractivity contribution in [1.82, 2.24) is 0 Å². The SMILES string of the molecule is O=C(O)C1O[C@@H](O[C@H]2C(C(=O)O)O[C@@H](O[C@H]3C(C(=O)O)O[C@@H](O[C@H]4C(C(=O)O)O[C@@H](O)C(O)[C@H]4O)C(O)[C@H]3O)C(O)[C@H]2O)C(O)[C@@H](O)[C@H]1O. The van der Waals surface area contributed by atoms with Crippen LogP contribution in [0.25, 0.3) is 0 Å². The lowest BCUT2D eigenvalue weighted by Gasteiger charge is -2.47. The minimum absolute atomic E-state index is 1.84. The van der Waals surface area contributed by atoms with E-state index in [1.165, 1.54) is 0 Å². The van der Waals surface area contributed by atoms with E-state index in [1.807, 2.05) is 0 Å². The standard InChI is InChI=1S/C24H34O25/c25-1-2(26)13(17(34)35)47-22(7(1)31)45-11-4(28)9(33)24(49-15(11)19(38)39)46-12-5(29)8(32)23(48-16(12)20(40)41)44-10-3(27)6(30)21(42)43-14(10)18(36)37/h1-16,21-33,42H,(H,34,35)(H,36,37)(H,38,39)(H,40,41)/t1-,2+,3+,4+,5+,6?,7?,8?,9?,10+,11+,12+,13?,14?,15?,16?,21+,22+,23+,24+/m0/s1. The average Bonchev–Trinajstić information content (AvgIpc) is 3.03. The normalized spacial score (nSPS) is 49.2. The number of hydrogen-bond donors (Lipinski definition) is 14. The topological polar surface area (TPSA) is 416 Å². The maximum absolute atomic E-state index is 12.1. The monoisotopic (exact) mass is 722 g/mol. The van der Waals surface area contributed by atoms with Crippen LogP contribution in [-0.4, -0.2) is 218 Å². The maximum atomic E-state index is 12.1. The van der Waals surface area contributed by atoms with Crippen LogP contribution in [0.4, 0.5) is 0 Å². The molecule has 25 heteroatoms. The molecule has 20 atom stereocenters. The summed E-state index contributed by atoms with van der Waals surface area (Å²) < 4.78 is 35.3. The number of carboxylic acid groups (broad SMARTS) is 4. The summed E-state index contributed by atoms with van der Waals surface area (Å²) in [5, 5.41) is 141. The lowest BCUT2D eigenvalue weighted by molar-refractivity contribution is -0.378. The van der Waals surface area contributed by atoms with E-state index < -0.39 is 147 Å². The maximum Gasteiger partial charge on any atom is 0.335 e. The van der Waals surface area contributed by atoms with Crippen LogP contribution in [0.1, 0.15) is 0 Å². The first kappa shape index (κ1) is 39.0. The van der Waals surface area contributed by atoms with Crippen molar-refractivity contribution in [2.45, 2.75) is 123 Å². The first-order chi connectivity index (χ1) is 22.8. The smallest absolute Gasteiger partial charge is 0.335 e. The minimum atomic E-state index is -2.43. The van der Waals surface area contributed by atoms with Crippen molar-refractivity contribution in [2.24, 2.45) is 0 Å². The molecule has 0 bridgehead atoms. The highest BCUT2D eigenvalue weighted by Crippen LogP contribution is 2.34. The zero-order chi connectivity index (χ0) is 36.8. The second-order valence-electron chi connectivity index (χ2n) is 11.3. The molecule has 280 valence electrons. The Morgan fingerprint density at radius 3 is 0.980 bits per heavy atom. The third kappa shape index (κ3) is 7.62. The fourth-order valence-electron chi connectivity index (χ4n) is 5.43. The Morgan fingerprint density at radius 1 is 0.347 bits per heavy atom. The van der Waals surface area contributed by atoms with Crippen molar-refractivity contribution in [3.05, 3.63) is 0 Å². The summed E-state index contributed by atoms with van der Waals surface area (Å²) in [6, 6.07) is 0. The summed E-state index contributed by atoms with van der Waals surface area (Å²) in [5.74, 6) is -7.64. The molecule has 49 heavy (non-hydrogen) atoms. The number of aliphatic hydroxyl groups is 10. The van der Waals surface area contributed by atoms with E-state index in [9.17, 15) is 90.7 Å². The molecule has 4 fully saturated rings. The van der Waals surface area contributed by atoms with Crippen LogP contribution in [0.3, 0.4) is 0 Å². The Kier molecular flexibility index (Phi) is 12.1. The van der Waals surface area contributed by atoms with Crippen LogP contribution in [0.2, 0.25) is 0 Å². The molecular weight excluding hydrogens is 688 g/mol. The third-order valence-corrected chi connectivity index (χ3v) is 8.07. The van der Waals surface area contributed by atoms with Gasteiger partial charge in [0.2, 0.25) is 0 Å². The number of carboxylic acids is 4. The van der Waals surface area contributed by atoms with Gasteiger partial charge in [-0.3, -0.25) is 0 Å². The van der Waals surface area contributed by atoms with Crippen LogP contribution in [0.5, 0.6) is 0 Å². The highest BCUT2D eigenvalue weighted by atomic mass is 16.8. The quantitative estimate of drug-likeness (QED) is 0.0995. The largest absolute Gasteiger partial charge is 0.479 e. The first-order valence-electron chi connectivity index (χ1n) is 14.1. The number of aliphatic carboxylic acids is 4. The lowest BCUT2D eigenvalue weighted by atomic mass is 9.95. The van der Waals surface area contributed by atoms with Gasteiger partial charge in [0.25, 0.3) is 0 Å². The number of ether oxygens (including phenoxy) is 7. The van der Waals surface area contributed by atoms with Crippen molar-refractivity contribution in [3.63, 3.8) is 0 Å². The van der Waals surface area contributed by atoms with Gasteiger partial charge >= 0.3 is 23.9 Å². The Balaban J connectivity index is 1.51. The van der Waals surface area contributed by atoms with Crippen LogP contribution < -0.4 is 0 Å². The van der Waals surface area contributed by atoms with Crippen LogP contribution >= 0.6 is 0 Å². The Labute approximate surface area is 271 Å². The van der Waals surface area contributed by atoms with Crippen molar-refractivity contribution in [3.8, 4) is 0 Å². The molecule has 4 aliphatic rings. The second-order valence-corrected chi connectivity index (χ2v) is 11.3. The van der Waals surface area contributed by atoms with E-state index in [1.54, 1.807) is 0 Å². The second kappa shape index (κ2) is 15.2. The van der Waals surface area contributed by atoms with E-state index in [0.717, 1.165) is 0 Å². The summed E-state index contributed by atoms with van der Waals surface area (Å²) in [5.41, 5.74) is 0. The molecule has 4 heterocycles. The summed E-state index contributed by atoms with van der Waals surface area (Å²) >= 11 is 0. The van der Waals surface area contributed by atoms with Crippen molar-refractivity contribution in [1.29, 1.82) is 0 Å². The molecule has 4 aliphatic heterocycles. The molecule has 0 aromatic carbocycles. The predicted molar refractivity (Wildman–Crippen MR) is 136 cm³/mol. The molecule has 0 saturated carbocycles. The van der Waals surface area contributed by atoms with Gasteiger partial charge in [0.15, 0.2) is 49.6 Å². The third-order valence-electron chi connectivity index (χ3n) is 8.07. The highest BCUT2D eigenvalue weighted by Gasteiger charge is 2.58. The molecule has 0 aromatic rings. The Hall–Kier alpha value is -2.80. The van der Waals surface area contributed by atoms with E-state index in [4.69, 9.17) is 28.4 Å². The van der Waals surface area contributed by atoms with Gasteiger partial charge in [-0.25, -0.2) is 19.2 Å². The lowest BCUT2D eigenvalue weighted by Crippen LogP contribution is -2.68. The van der Waals surface area contributed by atoms with Crippen molar-refractivity contribution >= 4 is 23.9 Å². The molecule has 0 amide bonds. The zero-order valence-corrected chi connectivity index (χ0v) is 24.3. The van der Waals surface area contributed by atoms with Gasteiger partial charge < -0.3 is 105 Å². The van der Waals surface area contributed by atoms with Crippen molar-refractivity contribution < 1.29 is 124 Å². The molecule has 14 N–H and O–H groups in total.